The Balaban J connectivity index is 1.87. The second-order valence-electron chi connectivity index (χ2n) is 5.98. The maximum Gasteiger partial charge on any atom is 0.410 e. The van der Waals surface area contributed by atoms with Crippen LogP contribution < -0.4 is 4.74 Å². The molecule has 1 aliphatic rings. The lowest BCUT2D eigenvalue weighted by molar-refractivity contribution is 0.0275. The number of likely N-dealkylation sites (tertiary alicyclic amines) is 1. The first-order valence-corrected chi connectivity index (χ1v) is 6.94. The van der Waals surface area contributed by atoms with Crippen molar-refractivity contribution in [3.05, 3.63) is 24.0 Å². The number of nitrogens with zero attached hydrogens (tertiary/aromatic N) is 2. The predicted molar refractivity (Wildman–Crippen MR) is 79.0 cm³/mol. The molecule has 1 aromatic rings. The molecule has 0 radical (unpaired) electrons. The number of pyridine rings is 1. The van der Waals surface area contributed by atoms with Crippen LogP contribution >= 0.6 is 0 Å². The Morgan fingerprint density at radius 3 is 2.81 bits per heavy atom. The lowest BCUT2D eigenvalue weighted by atomic mass is 10.2. The summed E-state index contributed by atoms with van der Waals surface area (Å²) in [7, 11) is 0. The SMILES string of the molecule is C#Cc1ccc(OC2CCN(C(=O)OC(C)(C)C)C2)cn1. The summed E-state index contributed by atoms with van der Waals surface area (Å²) in [6.45, 7) is 6.72. The van der Waals surface area contributed by atoms with E-state index >= 15 is 0 Å². The van der Waals surface area contributed by atoms with Gasteiger partial charge in [-0.15, -0.1) is 6.42 Å². The number of ether oxygens (including phenoxy) is 2. The molecule has 1 saturated heterocycles. The van der Waals surface area contributed by atoms with Crippen molar-refractivity contribution in [2.24, 2.45) is 0 Å². The standard InChI is InChI=1S/C16H20N2O3/c1-5-12-6-7-13(10-17-12)20-14-8-9-18(11-14)15(19)21-16(2,3)4/h1,6-7,10,14H,8-9,11H2,2-4H3. The molecule has 0 saturated carbocycles. The predicted octanol–water partition coefficient (Wildman–Crippen LogP) is 2.45. The van der Waals surface area contributed by atoms with E-state index in [0.29, 0.717) is 24.5 Å². The van der Waals surface area contributed by atoms with Crippen LogP contribution in [0.3, 0.4) is 0 Å². The van der Waals surface area contributed by atoms with Crippen LogP contribution in [0.25, 0.3) is 0 Å². The van der Waals surface area contributed by atoms with E-state index in [1.807, 2.05) is 20.8 Å². The zero-order chi connectivity index (χ0) is 15.5. The van der Waals surface area contributed by atoms with Crippen LogP contribution in [0.4, 0.5) is 4.79 Å². The fourth-order valence-corrected chi connectivity index (χ4v) is 2.04. The molecule has 21 heavy (non-hydrogen) atoms. The number of rotatable bonds is 2. The van der Waals surface area contributed by atoms with Crippen LogP contribution in [0.5, 0.6) is 5.75 Å². The van der Waals surface area contributed by atoms with Gasteiger partial charge in [-0.05, 0) is 32.9 Å². The molecule has 1 unspecified atom stereocenters. The van der Waals surface area contributed by atoms with Crippen LogP contribution in [0, 0.1) is 12.3 Å². The molecule has 0 bridgehead atoms. The van der Waals surface area contributed by atoms with Crippen molar-refractivity contribution < 1.29 is 14.3 Å². The molecule has 0 N–H and O–H groups in total. The third-order valence-corrected chi connectivity index (χ3v) is 2.98. The van der Waals surface area contributed by atoms with Crippen molar-refractivity contribution in [3.8, 4) is 18.1 Å². The average molecular weight is 288 g/mol. The van der Waals surface area contributed by atoms with Crippen LogP contribution in [0.2, 0.25) is 0 Å². The van der Waals surface area contributed by atoms with Gasteiger partial charge in [-0.1, -0.05) is 5.92 Å². The fraction of sp³-hybridized carbons (Fsp3) is 0.500. The van der Waals surface area contributed by atoms with E-state index in [9.17, 15) is 4.79 Å². The number of terminal acetylenes is 1. The normalized spacial score (nSPS) is 18.2. The number of carbonyl (C=O) groups is 1. The molecule has 5 nitrogen and oxygen atoms in total. The molecule has 2 heterocycles. The zero-order valence-electron chi connectivity index (χ0n) is 12.6. The van der Waals surface area contributed by atoms with E-state index < -0.39 is 5.60 Å². The summed E-state index contributed by atoms with van der Waals surface area (Å²) in [6, 6.07) is 3.52. The summed E-state index contributed by atoms with van der Waals surface area (Å²) in [5, 5.41) is 0. The third kappa shape index (κ3) is 4.38. The molecule has 0 aliphatic carbocycles. The molecule has 0 aromatic carbocycles. The van der Waals surface area contributed by atoms with Gasteiger partial charge in [0.05, 0.1) is 12.7 Å². The number of amides is 1. The van der Waals surface area contributed by atoms with Gasteiger partial charge in [-0.25, -0.2) is 9.78 Å². The topological polar surface area (TPSA) is 51.7 Å². The molecule has 5 heteroatoms. The third-order valence-electron chi connectivity index (χ3n) is 2.98. The first-order chi connectivity index (χ1) is 9.87. The number of hydrogen-bond acceptors (Lipinski definition) is 4. The van der Waals surface area contributed by atoms with E-state index in [4.69, 9.17) is 15.9 Å². The van der Waals surface area contributed by atoms with Gasteiger partial charge in [-0.3, -0.25) is 0 Å². The van der Waals surface area contributed by atoms with Gasteiger partial charge in [0.25, 0.3) is 0 Å². The minimum Gasteiger partial charge on any atom is -0.487 e. The second kappa shape index (κ2) is 6.04. The van der Waals surface area contributed by atoms with E-state index in [0.717, 1.165) is 6.42 Å². The summed E-state index contributed by atoms with van der Waals surface area (Å²) in [6.07, 6.45) is 7.29. The summed E-state index contributed by atoms with van der Waals surface area (Å²) >= 11 is 0. The molecule has 112 valence electrons. The van der Waals surface area contributed by atoms with Crippen molar-refractivity contribution in [2.75, 3.05) is 13.1 Å². The van der Waals surface area contributed by atoms with Gasteiger partial charge in [0.2, 0.25) is 0 Å². The average Bonchev–Trinajstić information content (AvgIpc) is 2.86. The number of aromatic nitrogens is 1. The molecule has 2 rings (SSSR count). The zero-order valence-corrected chi connectivity index (χ0v) is 12.6. The molecule has 1 aromatic heterocycles. The highest BCUT2D eigenvalue weighted by molar-refractivity contribution is 5.68. The van der Waals surface area contributed by atoms with Gasteiger partial charge in [-0.2, -0.15) is 0 Å². The van der Waals surface area contributed by atoms with E-state index in [1.165, 1.54) is 0 Å². The Hall–Kier alpha value is -2.22. The summed E-state index contributed by atoms with van der Waals surface area (Å²) in [4.78, 5) is 17.7. The maximum absolute atomic E-state index is 12.0. The molecular weight excluding hydrogens is 268 g/mol. The van der Waals surface area contributed by atoms with Crippen LogP contribution in [0.1, 0.15) is 32.9 Å². The maximum atomic E-state index is 12.0. The van der Waals surface area contributed by atoms with Crippen LogP contribution in [-0.4, -0.2) is 40.8 Å². The molecule has 1 atom stereocenters. The van der Waals surface area contributed by atoms with Crippen molar-refractivity contribution in [1.82, 2.24) is 9.88 Å². The van der Waals surface area contributed by atoms with E-state index in [2.05, 4.69) is 10.9 Å². The molecule has 0 spiro atoms. The van der Waals surface area contributed by atoms with Crippen molar-refractivity contribution in [3.63, 3.8) is 0 Å². The van der Waals surface area contributed by atoms with Gasteiger partial charge in [0.1, 0.15) is 23.1 Å². The minimum atomic E-state index is -0.481. The van der Waals surface area contributed by atoms with E-state index in [-0.39, 0.29) is 12.2 Å². The highest BCUT2D eigenvalue weighted by atomic mass is 16.6. The van der Waals surface area contributed by atoms with E-state index in [1.54, 1.807) is 23.2 Å². The van der Waals surface area contributed by atoms with Crippen LogP contribution in [-0.2, 0) is 4.74 Å². The van der Waals surface area contributed by atoms with Gasteiger partial charge in [0, 0.05) is 13.0 Å². The molecule has 1 amide bonds. The first kappa shape index (κ1) is 15.2. The fourth-order valence-electron chi connectivity index (χ4n) is 2.04. The van der Waals surface area contributed by atoms with Crippen molar-refractivity contribution >= 4 is 6.09 Å². The van der Waals surface area contributed by atoms with Gasteiger partial charge < -0.3 is 14.4 Å². The first-order valence-electron chi connectivity index (χ1n) is 6.94. The number of carbonyl (C=O) groups excluding carboxylic acids is 1. The summed E-state index contributed by atoms with van der Waals surface area (Å²) in [5.74, 6) is 3.11. The molecular formula is C16H20N2O3. The van der Waals surface area contributed by atoms with Gasteiger partial charge >= 0.3 is 6.09 Å². The van der Waals surface area contributed by atoms with Gasteiger partial charge in [0.15, 0.2) is 0 Å². The lowest BCUT2D eigenvalue weighted by Crippen LogP contribution is -2.36. The number of hydrogen-bond donors (Lipinski definition) is 0. The Labute approximate surface area is 125 Å². The highest BCUT2D eigenvalue weighted by Gasteiger charge is 2.30. The summed E-state index contributed by atoms with van der Waals surface area (Å²) in [5.41, 5.74) is 0.0921. The Kier molecular flexibility index (Phi) is 4.37. The Bertz CT molecular complexity index is 540. The monoisotopic (exact) mass is 288 g/mol. The second-order valence-corrected chi connectivity index (χ2v) is 5.98. The molecule has 1 aliphatic heterocycles. The Morgan fingerprint density at radius 2 is 2.24 bits per heavy atom. The highest BCUT2D eigenvalue weighted by Crippen LogP contribution is 2.20. The lowest BCUT2D eigenvalue weighted by Gasteiger charge is -2.24. The largest absolute Gasteiger partial charge is 0.487 e. The Morgan fingerprint density at radius 1 is 1.48 bits per heavy atom. The smallest absolute Gasteiger partial charge is 0.410 e. The summed E-state index contributed by atoms with van der Waals surface area (Å²) < 4.78 is 11.2. The minimum absolute atomic E-state index is 0.0454. The van der Waals surface area contributed by atoms with Crippen molar-refractivity contribution in [1.29, 1.82) is 0 Å². The van der Waals surface area contributed by atoms with Crippen LogP contribution in [0.15, 0.2) is 18.3 Å². The van der Waals surface area contributed by atoms with Crippen molar-refractivity contribution in [2.45, 2.75) is 38.9 Å². The molecule has 1 fully saturated rings. The quantitative estimate of drug-likeness (QED) is 0.784.